The summed E-state index contributed by atoms with van der Waals surface area (Å²) in [5, 5.41) is 2.23. The summed E-state index contributed by atoms with van der Waals surface area (Å²) in [6, 6.07) is 59.0. The van der Waals surface area contributed by atoms with Gasteiger partial charge in [-0.25, -0.2) is 4.98 Å². The molecule has 3 heterocycles. The normalized spacial score (nSPS) is 13.6. The van der Waals surface area contributed by atoms with Crippen LogP contribution >= 0.6 is 0 Å². The molecule has 316 valence electrons. The number of anilines is 2. The number of rotatable bonds is 9. The number of hydrogen-bond acceptors (Lipinski definition) is 4. The van der Waals surface area contributed by atoms with E-state index in [4.69, 9.17) is 9.72 Å². The van der Waals surface area contributed by atoms with Crippen molar-refractivity contribution in [1.29, 1.82) is 0 Å². The van der Waals surface area contributed by atoms with Crippen molar-refractivity contribution in [2.45, 2.75) is 78.6 Å². The molecule has 0 spiro atoms. The predicted molar refractivity (Wildman–Crippen MR) is 253 cm³/mol. The third-order valence-electron chi connectivity index (χ3n) is 12.7. The summed E-state index contributed by atoms with van der Waals surface area (Å²) in [6.07, 6.45) is 1.92. The van der Waals surface area contributed by atoms with Crippen molar-refractivity contribution < 1.29 is 25.8 Å². The summed E-state index contributed by atoms with van der Waals surface area (Å²) >= 11 is 0. The number of allylic oxidation sites excluding steroid dienone is 2. The molecule has 1 aliphatic rings. The van der Waals surface area contributed by atoms with E-state index in [0.29, 0.717) is 11.5 Å². The molecule has 9 rings (SSSR count). The van der Waals surface area contributed by atoms with Crippen LogP contribution < -0.4 is 14.5 Å². The van der Waals surface area contributed by atoms with E-state index in [1.54, 1.807) is 0 Å². The maximum atomic E-state index is 6.80. The van der Waals surface area contributed by atoms with Crippen LogP contribution in [0, 0.1) is 18.8 Å². The van der Waals surface area contributed by atoms with Crippen LogP contribution in [0.2, 0.25) is 0 Å². The molecule has 0 saturated carbocycles. The quantitative estimate of drug-likeness (QED) is 0.135. The van der Waals surface area contributed by atoms with E-state index in [0.717, 1.165) is 56.0 Å². The van der Waals surface area contributed by atoms with Crippen LogP contribution in [0.15, 0.2) is 163 Å². The molecule has 0 unspecified atom stereocenters. The number of pyridine rings is 1. The van der Waals surface area contributed by atoms with Gasteiger partial charge in [-0.15, -0.1) is 53.6 Å². The van der Waals surface area contributed by atoms with E-state index in [1.165, 1.54) is 22.3 Å². The van der Waals surface area contributed by atoms with Gasteiger partial charge in [0, 0.05) is 72.2 Å². The zero-order valence-corrected chi connectivity index (χ0v) is 39.3. The molecule has 62 heavy (non-hydrogen) atoms. The summed E-state index contributed by atoms with van der Waals surface area (Å²) in [6.45, 7) is 22.4. The zero-order chi connectivity index (χ0) is 42.7. The van der Waals surface area contributed by atoms with Crippen LogP contribution in [0.5, 0.6) is 11.5 Å². The molecule has 5 nitrogen and oxygen atoms in total. The monoisotopic (exact) mass is 992 g/mol. The fourth-order valence-corrected chi connectivity index (χ4v) is 8.59. The fraction of sp³-hybridized carbons (Fsp3) is 0.214. The number of nitrogens with zero attached hydrogens (tertiary/aromatic N) is 4. The number of para-hydroxylation sites is 1. The van der Waals surface area contributed by atoms with Gasteiger partial charge in [0.15, 0.2) is 0 Å². The van der Waals surface area contributed by atoms with Gasteiger partial charge in [0.05, 0.1) is 0 Å². The maximum absolute atomic E-state index is 6.80. The first-order valence-electron chi connectivity index (χ1n) is 21.2. The van der Waals surface area contributed by atoms with Gasteiger partial charge >= 0.3 is 0 Å². The van der Waals surface area contributed by atoms with E-state index in [9.17, 15) is 0 Å². The Labute approximate surface area is 382 Å². The molecule has 0 atom stereocenters. The molecule has 0 radical (unpaired) electrons. The largest absolute Gasteiger partial charge is 0.509 e. The van der Waals surface area contributed by atoms with E-state index in [2.05, 4.69) is 235 Å². The van der Waals surface area contributed by atoms with Crippen molar-refractivity contribution >= 4 is 33.2 Å². The molecule has 0 saturated heterocycles. The van der Waals surface area contributed by atoms with Crippen LogP contribution in [0.3, 0.4) is 0 Å². The van der Waals surface area contributed by atoms with E-state index in [-0.39, 0.29) is 37.3 Å². The Kier molecular flexibility index (Phi) is 11.3. The van der Waals surface area contributed by atoms with Crippen molar-refractivity contribution in [3.63, 3.8) is 0 Å². The molecule has 6 heteroatoms. The second kappa shape index (κ2) is 16.4. The van der Waals surface area contributed by atoms with Crippen LogP contribution in [-0.4, -0.2) is 9.55 Å². The summed E-state index contributed by atoms with van der Waals surface area (Å²) in [5.41, 5.74) is 11.9. The van der Waals surface area contributed by atoms with Crippen molar-refractivity contribution in [2.75, 3.05) is 9.80 Å². The van der Waals surface area contributed by atoms with Gasteiger partial charge in [-0.3, -0.25) is 0 Å². The minimum Gasteiger partial charge on any atom is -0.509 e. The average Bonchev–Trinajstić information content (AvgIpc) is 3.76. The molecular weight excluding hydrogens is 940 g/mol. The van der Waals surface area contributed by atoms with Crippen molar-refractivity contribution in [3.8, 4) is 17.3 Å². The standard InChI is InChI=1S/C56H53N4O.Pt/c1-38-39(2)59(37-58(38)45-24-18-23-42(31-45)55(6,7)40-19-12-10-13-20-40)46-32-44(54(3,4)5)33-48(35-46)61-47-27-28-50-49-25-16-17-26-51(49)60(52(50)36-47)53-34-43(29-30-57-53)56(8,9)41-21-14-11-15-22-41;/h10-34,37H,1-9H3;/q-3;. The molecular formula is C56H53N4OPt-3. The summed E-state index contributed by atoms with van der Waals surface area (Å²) < 4.78 is 9.01. The van der Waals surface area contributed by atoms with Crippen molar-refractivity contribution in [1.82, 2.24) is 9.55 Å². The van der Waals surface area contributed by atoms with Crippen molar-refractivity contribution in [3.05, 3.63) is 210 Å². The Balaban J connectivity index is 0.00000529. The summed E-state index contributed by atoms with van der Waals surface area (Å²) in [7, 11) is 0. The topological polar surface area (TPSA) is 33.5 Å². The molecule has 0 aliphatic carbocycles. The molecule has 6 aromatic carbocycles. The first-order chi connectivity index (χ1) is 29.2. The first-order valence-corrected chi connectivity index (χ1v) is 21.2. The third kappa shape index (κ3) is 7.77. The Morgan fingerprint density at radius 3 is 1.82 bits per heavy atom. The Hall–Kier alpha value is -5.90. The Morgan fingerprint density at radius 1 is 0.532 bits per heavy atom. The van der Waals surface area contributed by atoms with E-state index < -0.39 is 0 Å². The van der Waals surface area contributed by atoms with Gasteiger partial charge in [0.2, 0.25) is 0 Å². The third-order valence-corrected chi connectivity index (χ3v) is 12.7. The van der Waals surface area contributed by atoms with Gasteiger partial charge in [0.1, 0.15) is 5.82 Å². The molecule has 0 N–H and O–H groups in total. The SMILES string of the molecule is CC1=C(C)N(c2cccc(C(C)(C)c3ccccc3)c2)[CH-]N1c1[c-]c(Oc2[c-]c3c(cc2)c2ccccc2n3-c2cc(C(C)(C)c3ccccc3)ccn2)cc(C(C)(C)C)c1.[Pt]. The van der Waals surface area contributed by atoms with Gasteiger partial charge < -0.3 is 19.1 Å². The number of aromatic nitrogens is 2. The average molecular weight is 993 g/mol. The Morgan fingerprint density at radius 2 is 1.15 bits per heavy atom. The summed E-state index contributed by atoms with van der Waals surface area (Å²) in [4.78, 5) is 9.46. The van der Waals surface area contributed by atoms with Crippen LogP contribution in [0.25, 0.3) is 27.6 Å². The smallest absolute Gasteiger partial charge is 0.135 e. The minimum atomic E-state index is -0.222. The fourth-order valence-electron chi connectivity index (χ4n) is 8.59. The summed E-state index contributed by atoms with van der Waals surface area (Å²) in [5.74, 6) is 2.08. The molecule has 2 aromatic heterocycles. The van der Waals surface area contributed by atoms with Crippen LogP contribution in [-0.2, 0) is 37.3 Å². The van der Waals surface area contributed by atoms with Crippen LogP contribution in [0.1, 0.15) is 90.1 Å². The van der Waals surface area contributed by atoms with Gasteiger partial charge in [-0.05, 0) is 77.2 Å². The van der Waals surface area contributed by atoms with Crippen molar-refractivity contribution in [2.24, 2.45) is 0 Å². The molecule has 1 aliphatic heterocycles. The van der Waals surface area contributed by atoms with Gasteiger partial charge in [0.25, 0.3) is 0 Å². The minimum absolute atomic E-state index is 0. The van der Waals surface area contributed by atoms with Crippen LogP contribution in [0.4, 0.5) is 11.4 Å². The Bertz CT molecular complexity index is 2940. The van der Waals surface area contributed by atoms with Gasteiger partial charge in [-0.2, -0.15) is 6.07 Å². The maximum Gasteiger partial charge on any atom is 0.135 e. The molecule has 0 amide bonds. The first kappa shape index (κ1) is 42.8. The molecule has 8 aromatic rings. The number of benzene rings is 6. The number of fused-ring (bicyclic) bond motifs is 3. The van der Waals surface area contributed by atoms with Gasteiger partial charge in [-0.1, -0.05) is 145 Å². The number of ether oxygens (including phenoxy) is 1. The zero-order valence-electron chi connectivity index (χ0n) is 37.0. The van der Waals surface area contributed by atoms with E-state index >= 15 is 0 Å². The second-order valence-electron chi connectivity index (χ2n) is 18.4. The second-order valence-corrected chi connectivity index (χ2v) is 18.4. The van der Waals surface area contributed by atoms with E-state index in [1.807, 2.05) is 12.3 Å². The predicted octanol–water partition coefficient (Wildman–Crippen LogP) is 14.2. The molecule has 0 bridgehead atoms. The molecule has 0 fully saturated rings. The number of hydrogen-bond donors (Lipinski definition) is 0.